The molecule has 0 bridgehead atoms. The van der Waals surface area contributed by atoms with E-state index in [0.29, 0.717) is 4.57 Å². The van der Waals surface area contributed by atoms with E-state index >= 15 is 0 Å². The molecule has 0 amide bonds. The van der Waals surface area contributed by atoms with Gasteiger partial charge in [0.05, 0.1) is 6.61 Å². The summed E-state index contributed by atoms with van der Waals surface area (Å²) >= 11 is 0. The zero-order valence-corrected chi connectivity index (χ0v) is 8.92. The zero-order valence-electron chi connectivity index (χ0n) is 8.92. The van der Waals surface area contributed by atoms with Crippen molar-refractivity contribution in [2.45, 2.75) is 24.4 Å². The summed E-state index contributed by atoms with van der Waals surface area (Å²) < 4.78 is 32.5. The highest BCUT2D eigenvalue weighted by Gasteiger charge is 2.59. The zero-order chi connectivity index (χ0) is 13.5. The van der Waals surface area contributed by atoms with Crippen LogP contribution < -0.4 is 11.2 Å². The SMILES string of the molecule is O=c1ccn([C@@H]2O[C@H](CO)[C@@H](O)C2(F)F)c(=O)[nH]1. The van der Waals surface area contributed by atoms with Crippen molar-refractivity contribution in [3.8, 4) is 0 Å². The molecule has 18 heavy (non-hydrogen) atoms. The second-order valence-corrected chi connectivity index (χ2v) is 3.85. The lowest BCUT2D eigenvalue weighted by Crippen LogP contribution is -2.42. The molecule has 2 rings (SSSR count). The number of aliphatic hydroxyl groups excluding tert-OH is 2. The molecule has 1 saturated heterocycles. The number of H-pyrrole nitrogens is 1. The molecule has 1 aliphatic rings. The first-order valence-corrected chi connectivity index (χ1v) is 5.01. The van der Waals surface area contributed by atoms with Gasteiger partial charge in [-0.05, 0) is 0 Å². The highest BCUT2D eigenvalue weighted by molar-refractivity contribution is 4.97. The standard InChI is InChI=1S/C9H10F2N2O5/c10-9(11)6(16)4(3-14)18-7(9)13-2-1-5(15)12-8(13)17/h1-2,4,6-7,14,16H,3H2,(H,12,15,17)/t4-,6-,7-/m1/s1. The Hall–Kier alpha value is -1.58. The number of nitrogens with one attached hydrogen (secondary N) is 1. The molecule has 0 saturated carbocycles. The van der Waals surface area contributed by atoms with Gasteiger partial charge in [0, 0.05) is 12.3 Å². The number of aromatic amines is 1. The maximum absolute atomic E-state index is 13.7. The Morgan fingerprint density at radius 3 is 2.67 bits per heavy atom. The van der Waals surface area contributed by atoms with E-state index in [1.165, 1.54) is 0 Å². The van der Waals surface area contributed by atoms with Gasteiger partial charge in [-0.15, -0.1) is 0 Å². The number of halogens is 2. The number of alkyl halides is 2. The van der Waals surface area contributed by atoms with Crippen molar-refractivity contribution in [1.82, 2.24) is 9.55 Å². The summed E-state index contributed by atoms with van der Waals surface area (Å²) in [5, 5.41) is 18.1. The average molecular weight is 264 g/mol. The molecule has 0 spiro atoms. The van der Waals surface area contributed by atoms with Gasteiger partial charge in [-0.1, -0.05) is 0 Å². The van der Waals surface area contributed by atoms with E-state index in [1.54, 1.807) is 4.98 Å². The second kappa shape index (κ2) is 4.26. The van der Waals surface area contributed by atoms with Crippen molar-refractivity contribution in [3.63, 3.8) is 0 Å². The highest BCUT2D eigenvalue weighted by Crippen LogP contribution is 2.41. The molecule has 0 radical (unpaired) electrons. The number of hydrogen-bond acceptors (Lipinski definition) is 5. The summed E-state index contributed by atoms with van der Waals surface area (Å²) in [5.41, 5.74) is -1.82. The normalized spacial score (nSPS) is 30.6. The fraction of sp³-hybridized carbons (Fsp3) is 0.556. The van der Waals surface area contributed by atoms with Gasteiger partial charge in [-0.2, -0.15) is 8.78 Å². The van der Waals surface area contributed by atoms with Gasteiger partial charge in [-0.3, -0.25) is 14.3 Å². The van der Waals surface area contributed by atoms with E-state index in [1.807, 2.05) is 0 Å². The summed E-state index contributed by atoms with van der Waals surface area (Å²) in [4.78, 5) is 24.0. The third-order valence-electron chi connectivity index (χ3n) is 2.66. The van der Waals surface area contributed by atoms with E-state index in [0.717, 1.165) is 12.3 Å². The lowest BCUT2D eigenvalue weighted by atomic mass is 10.1. The first-order chi connectivity index (χ1) is 8.37. The second-order valence-electron chi connectivity index (χ2n) is 3.85. The lowest BCUT2D eigenvalue weighted by molar-refractivity contribution is -0.141. The smallest absolute Gasteiger partial charge is 0.330 e. The van der Waals surface area contributed by atoms with E-state index in [4.69, 9.17) is 9.84 Å². The van der Waals surface area contributed by atoms with Gasteiger partial charge in [-0.25, -0.2) is 4.79 Å². The summed E-state index contributed by atoms with van der Waals surface area (Å²) in [6, 6.07) is 0.874. The third kappa shape index (κ3) is 1.85. The highest BCUT2D eigenvalue weighted by atomic mass is 19.3. The van der Waals surface area contributed by atoms with Gasteiger partial charge in [0.1, 0.15) is 6.10 Å². The molecule has 0 aromatic carbocycles. The van der Waals surface area contributed by atoms with Gasteiger partial charge in [0.25, 0.3) is 5.56 Å². The topological polar surface area (TPSA) is 105 Å². The number of ether oxygens (including phenoxy) is 1. The van der Waals surface area contributed by atoms with Crippen molar-refractivity contribution in [1.29, 1.82) is 0 Å². The molecule has 100 valence electrons. The predicted molar refractivity (Wildman–Crippen MR) is 53.3 cm³/mol. The Kier molecular flexibility index (Phi) is 3.05. The molecular formula is C9H10F2N2O5. The van der Waals surface area contributed by atoms with Gasteiger partial charge in [0.15, 0.2) is 6.10 Å². The van der Waals surface area contributed by atoms with E-state index in [9.17, 15) is 23.5 Å². The van der Waals surface area contributed by atoms with Crippen LogP contribution in [0, 0.1) is 0 Å². The molecule has 0 unspecified atom stereocenters. The van der Waals surface area contributed by atoms with Crippen molar-refractivity contribution in [2.75, 3.05) is 6.61 Å². The average Bonchev–Trinajstić information content (AvgIpc) is 2.52. The molecule has 7 nitrogen and oxygen atoms in total. The minimum absolute atomic E-state index is 0.459. The Labute approximate surface area is 98.3 Å². The minimum Gasteiger partial charge on any atom is -0.394 e. The maximum atomic E-state index is 13.7. The van der Waals surface area contributed by atoms with Crippen LogP contribution in [0.15, 0.2) is 21.9 Å². The van der Waals surface area contributed by atoms with Crippen molar-refractivity contribution in [3.05, 3.63) is 33.1 Å². The first-order valence-electron chi connectivity index (χ1n) is 5.01. The van der Waals surface area contributed by atoms with E-state index < -0.39 is 42.2 Å². The van der Waals surface area contributed by atoms with E-state index in [2.05, 4.69) is 0 Å². The van der Waals surface area contributed by atoms with Gasteiger partial charge in [0.2, 0.25) is 6.23 Å². The first kappa shape index (κ1) is 12.9. The van der Waals surface area contributed by atoms with Crippen LogP contribution in [0.3, 0.4) is 0 Å². The van der Waals surface area contributed by atoms with Gasteiger partial charge < -0.3 is 14.9 Å². The summed E-state index contributed by atoms with van der Waals surface area (Å²) in [7, 11) is 0. The van der Waals surface area contributed by atoms with Crippen LogP contribution in [-0.2, 0) is 4.74 Å². The predicted octanol–water partition coefficient (Wildman–Crippen LogP) is -1.58. The van der Waals surface area contributed by atoms with Crippen LogP contribution in [0.5, 0.6) is 0 Å². The van der Waals surface area contributed by atoms with Gasteiger partial charge >= 0.3 is 11.6 Å². The molecule has 2 heterocycles. The molecule has 1 aromatic heterocycles. The molecule has 3 atom stereocenters. The number of aliphatic hydroxyl groups is 2. The van der Waals surface area contributed by atoms with E-state index in [-0.39, 0.29) is 0 Å². The minimum atomic E-state index is -3.75. The van der Waals surface area contributed by atoms with Crippen LogP contribution in [0.2, 0.25) is 0 Å². The van der Waals surface area contributed by atoms with Crippen molar-refractivity contribution < 1.29 is 23.7 Å². The van der Waals surface area contributed by atoms with Crippen LogP contribution in [0.1, 0.15) is 6.23 Å². The number of aromatic nitrogens is 2. The van der Waals surface area contributed by atoms with Crippen LogP contribution in [0.4, 0.5) is 8.78 Å². The quantitative estimate of drug-likeness (QED) is 0.598. The number of rotatable bonds is 2. The van der Waals surface area contributed by atoms with Crippen LogP contribution >= 0.6 is 0 Å². The molecule has 0 aliphatic carbocycles. The molecule has 1 aliphatic heterocycles. The molecule has 3 N–H and O–H groups in total. The molecular weight excluding hydrogens is 254 g/mol. The fourth-order valence-corrected chi connectivity index (χ4v) is 1.73. The largest absolute Gasteiger partial charge is 0.394 e. The fourth-order valence-electron chi connectivity index (χ4n) is 1.73. The maximum Gasteiger partial charge on any atom is 0.330 e. The summed E-state index contributed by atoms with van der Waals surface area (Å²) in [6.07, 6.45) is -4.96. The molecule has 1 aromatic rings. The van der Waals surface area contributed by atoms with Crippen LogP contribution in [-0.4, -0.2) is 44.5 Å². The van der Waals surface area contributed by atoms with Crippen molar-refractivity contribution in [2.24, 2.45) is 0 Å². The Balaban J connectivity index is 2.45. The summed E-state index contributed by atoms with van der Waals surface area (Å²) in [6.45, 7) is -0.814. The van der Waals surface area contributed by atoms with Crippen molar-refractivity contribution >= 4 is 0 Å². The monoisotopic (exact) mass is 264 g/mol. The van der Waals surface area contributed by atoms with Crippen LogP contribution in [0.25, 0.3) is 0 Å². The molecule has 1 fully saturated rings. The molecule has 9 heteroatoms. The Morgan fingerprint density at radius 2 is 2.17 bits per heavy atom. The Bertz CT molecular complexity index is 554. The number of nitrogens with zero attached hydrogens (tertiary/aromatic N) is 1. The Morgan fingerprint density at radius 1 is 1.50 bits per heavy atom. The summed E-state index contributed by atoms with van der Waals surface area (Å²) in [5.74, 6) is -3.75. The number of hydrogen-bond donors (Lipinski definition) is 3. The lowest BCUT2D eigenvalue weighted by Gasteiger charge is -2.20. The third-order valence-corrected chi connectivity index (χ3v) is 2.66.